The molecule has 4 N–H and O–H groups in total. The molecule has 0 unspecified atom stereocenters. The van der Waals surface area contributed by atoms with Crippen molar-refractivity contribution >= 4 is 76.1 Å². The van der Waals surface area contributed by atoms with Gasteiger partial charge in [0.2, 0.25) is 0 Å². The molecular formula is C30H30GaN4O4. The number of aliphatic carboxylic acids is 2. The van der Waals surface area contributed by atoms with Crippen LogP contribution in [0.1, 0.15) is 73.4 Å². The molecule has 2 aliphatic heterocycles. The molecule has 5 heterocycles. The first-order chi connectivity index (χ1) is 18.1. The fourth-order valence-corrected chi connectivity index (χ4v) is 5.10. The second kappa shape index (κ2) is 11.1. The third kappa shape index (κ3) is 5.79. The Bertz CT molecular complexity index is 1730. The molecule has 0 saturated heterocycles. The third-order valence-corrected chi connectivity index (χ3v) is 7.25. The number of aryl methyl sites for hydroxylation is 2. The van der Waals surface area contributed by atoms with Crippen LogP contribution >= 0.6 is 0 Å². The van der Waals surface area contributed by atoms with E-state index in [1.54, 1.807) is 0 Å². The topological polar surface area (TPSA) is 132 Å². The first-order valence-corrected chi connectivity index (χ1v) is 12.6. The summed E-state index contributed by atoms with van der Waals surface area (Å²) in [6, 6.07) is 12.1. The summed E-state index contributed by atoms with van der Waals surface area (Å²) >= 11 is 0. The Kier molecular flexibility index (Phi) is 8.03. The van der Waals surface area contributed by atoms with E-state index in [1.165, 1.54) is 0 Å². The molecule has 8 nitrogen and oxygen atoms in total. The minimum Gasteiger partial charge on any atom is -0.481 e. The number of aromatic nitrogens is 4. The average Bonchev–Trinajstić information content (AvgIpc) is 3.53. The largest absolute Gasteiger partial charge is 0.481 e. The number of hydrogen-bond acceptors (Lipinski definition) is 4. The van der Waals surface area contributed by atoms with Gasteiger partial charge in [0, 0.05) is 54.7 Å². The van der Waals surface area contributed by atoms with Crippen molar-refractivity contribution in [1.29, 1.82) is 0 Å². The van der Waals surface area contributed by atoms with Crippen LogP contribution in [0.15, 0.2) is 36.4 Å². The maximum absolute atomic E-state index is 11.4. The molecule has 3 radical (unpaired) electrons. The zero-order chi connectivity index (χ0) is 27.1. The Morgan fingerprint density at radius 3 is 1.56 bits per heavy atom. The van der Waals surface area contributed by atoms with Gasteiger partial charge in [0.1, 0.15) is 0 Å². The van der Waals surface area contributed by atoms with Gasteiger partial charge in [-0.05, 0) is 110 Å². The second-order valence-corrected chi connectivity index (χ2v) is 9.98. The van der Waals surface area contributed by atoms with Crippen LogP contribution in [0.4, 0.5) is 0 Å². The molecule has 0 saturated carbocycles. The van der Waals surface area contributed by atoms with Crippen LogP contribution in [-0.4, -0.2) is 61.9 Å². The van der Waals surface area contributed by atoms with E-state index in [0.717, 1.165) is 66.9 Å². The molecule has 3 aromatic heterocycles. The van der Waals surface area contributed by atoms with Crippen molar-refractivity contribution in [2.45, 2.75) is 53.4 Å². The molecule has 0 amide bonds. The molecule has 197 valence electrons. The summed E-state index contributed by atoms with van der Waals surface area (Å²) in [5, 5.41) is 18.7. The Labute approximate surface area is 239 Å². The van der Waals surface area contributed by atoms with Crippen molar-refractivity contribution in [2.75, 3.05) is 0 Å². The molecule has 0 aliphatic carbocycles. The maximum atomic E-state index is 11.4. The number of nitrogens with zero attached hydrogens (tertiary/aromatic N) is 2. The number of carbonyl (C=O) groups is 2. The molecule has 0 fully saturated rings. The Balaban J connectivity index is 0.00000353. The van der Waals surface area contributed by atoms with Crippen LogP contribution in [0.2, 0.25) is 0 Å². The van der Waals surface area contributed by atoms with E-state index in [2.05, 4.69) is 35.1 Å². The molecule has 0 spiro atoms. The first kappa shape index (κ1) is 28.2. The van der Waals surface area contributed by atoms with Crippen LogP contribution < -0.4 is 0 Å². The summed E-state index contributed by atoms with van der Waals surface area (Å²) < 4.78 is 0. The van der Waals surface area contributed by atoms with E-state index in [9.17, 15) is 19.8 Å². The van der Waals surface area contributed by atoms with Crippen LogP contribution in [0, 0.1) is 13.8 Å². The zero-order valence-corrected chi connectivity index (χ0v) is 24.9. The standard InChI is InChI=1S/C30H30N4O4.Ga/c1-15-9-20-12-25-17(3)21(5-7-29(35)36)27(33-25)14-28-22(6-8-30(37)38)18(4)26(34-28)13-24-16(2)10-19(32-24)11-23(15)31-20;/h9-14,31-32H,5-8H2,1-4H3,(H,35,36)(H,37,38);. The Hall–Kier alpha value is -3.82. The fourth-order valence-electron chi connectivity index (χ4n) is 5.10. The first-order valence-electron chi connectivity index (χ1n) is 12.6. The van der Waals surface area contributed by atoms with E-state index in [-0.39, 0.29) is 32.6 Å². The number of aromatic amines is 2. The van der Waals surface area contributed by atoms with Gasteiger partial charge >= 0.3 is 11.9 Å². The molecular weight excluding hydrogens is 550 g/mol. The van der Waals surface area contributed by atoms with E-state index in [0.29, 0.717) is 24.2 Å². The van der Waals surface area contributed by atoms with Crippen LogP contribution in [-0.2, 0) is 9.59 Å². The van der Waals surface area contributed by atoms with Crippen molar-refractivity contribution in [2.24, 2.45) is 0 Å². The monoisotopic (exact) mass is 579 g/mol. The Morgan fingerprint density at radius 2 is 1.08 bits per heavy atom. The molecule has 0 atom stereocenters. The van der Waals surface area contributed by atoms with Gasteiger partial charge < -0.3 is 20.2 Å². The van der Waals surface area contributed by atoms with Gasteiger partial charge in [-0.15, -0.1) is 0 Å². The van der Waals surface area contributed by atoms with Gasteiger partial charge in [-0.2, -0.15) is 0 Å². The number of fused-ring (bicyclic) bond motifs is 8. The van der Waals surface area contributed by atoms with Gasteiger partial charge in [0.15, 0.2) is 0 Å². The number of rotatable bonds is 6. The molecule has 5 rings (SSSR count). The van der Waals surface area contributed by atoms with Crippen LogP contribution in [0.5, 0.6) is 0 Å². The number of hydrogen-bond donors (Lipinski definition) is 4. The van der Waals surface area contributed by atoms with Crippen LogP contribution in [0.3, 0.4) is 0 Å². The van der Waals surface area contributed by atoms with Gasteiger partial charge in [0.05, 0.1) is 22.8 Å². The number of allylic oxidation sites excluding steroid dienone is 4. The predicted octanol–water partition coefficient (Wildman–Crippen LogP) is 6.14. The summed E-state index contributed by atoms with van der Waals surface area (Å²) in [6.07, 6.45) is 0.647. The quantitative estimate of drug-likeness (QED) is 0.259. The molecule has 3 aromatic rings. The zero-order valence-electron chi connectivity index (χ0n) is 22.5. The van der Waals surface area contributed by atoms with E-state index in [1.807, 2.05) is 39.0 Å². The molecule has 0 aromatic carbocycles. The maximum Gasteiger partial charge on any atom is 0.303 e. The second-order valence-electron chi connectivity index (χ2n) is 9.98. The molecule has 9 heteroatoms. The minimum atomic E-state index is -0.873. The number of carboxylic acid groups (broad SMARTS) is 2. The normalized spacial score (nSPS) is 13.0. The van der Waals surface area contributed by atoms with E-state index >= 15 is 0 Å². The predicted molar refractivity (Wildman–Crippen MR) is 155 cm³/mol. The van der Waals surface area contributed by atoms with Gasteiger partial charge in [0.25, 0.3) is 0 Å². The van der Waals surface area contributed by atoms with Crippen molar-refractivity contribution in [1.82, 2.24) is 19.9 Å². The van der Waals surface area contributed by atoms with Gasteiger partial charge in [-0.3, -0.25) is 9.59 Å². The van der Waals surface area contributed by atoms with Crippen molar-refractivity contribution in [3.63, 3.8) is 0 Å². The number of H-pyrrole nitrogens is 2. The summed E-state index contributed by atoms with van der Waals surface area (Å²) in [7, 11) is 0. The number of nitrogens with one attached hydrogen (secondary N) is 2. The van der Waals surface area contributed by atoms with Crippen LogP contribution in [0.25, 0.3) is 44.4 Å². The summed E-state index contributed by atoms with van der Waals surface area (Å²) in [5.41, 5.74) is 12.4. The van der Waals surface area contributed by atoms with Crippen molar-refractivity contribution < 1.29 is 19.8 Å². The third-order valence-electron chi connectivity index (χ3n) is 7.25. The Morgan fingerprint density at radius 1 is 0.641 bits per heavy atom. The SMILES string of the molecule is CC1=C(CCC(=O)O)c2cc3nc(cc4[nH]c(cc4C)cc4[nH]c(cc1n2)cc4C)C(C)=C3CCC(=O)O.[Ga]. The summed E-state index contributed by atoms with van der Waals surface area (Å²) in [4.78, 5) is 39.6. The number of carboxylic acids is 2. The van der Waals surface area contributed by atoms with Gasteiger partial charge in [-0.25, -0.2) is 9.97 Å². The van der Waals surface area contributed by atoms with E-state index < -0.39 is 11.9 Å². The van der Waals surface area contributed by atoms with Gasteiger partial charge in [-0.1, -0.05) is 0 Å². The summed E-state index contributed by atoms with van der Waals surface area (Å²) in [5.74, 6) is -1.75. The molecule has 8 bridgehead atoms. The minimum absolute atomic E-state index is 0. The fraction of sp³-hybridized carbons (Fsp3) is 0.267. The average molecular weight is 580 g/mol. The smallest absolute Gasteiger partial charge is 0.303 e. The summed E-state index contributed by atoms with van der Waals surface area (Å²) in [6.45, 7) is 8.01. The van der Waals surface area contributed by atoms with E-state index in [4.69, 9.17) is 9.97 Å². The molecule has 39 heavy (non-hydrogen) atoms. The van der Waals surface area contributed by atoms with Crippen molar-refractivity contribution in [3.8, 4) is 0 Å². The van der Waals surface area contributed by atoms with Crippen molar-refractivity contribution in [3.05, 3.63) is 70.3 Å². The molecule has 2 aliphatic rings.